The van der Waals surface area contributed by atoms with Crippen molar-refractivity contribution in [3.8, 4) is 10.8 Å². The number of amides is 1. The Bertz CT molecular complexity index is 575. The van der Waals surface area contributed by atoms with Crippen molar-refractivity contribution in [3.05, 3.63) is 29.0 Å². The molecule has 0 aliphatic carbocycles. The van der Waals surface area contributed by atoms with E-state index in [0.717, 1.165) is 4.88 Å². The summed E-state index contributed by atoms with van der Waals surface area (Å²) in [6.45, 7) is 5.66. The van der Waals surface area contributed by atoms with Crippen molar-refractivity contribution in [1.29, 1.82) is 0 Å². The van der Waals surface area contributed by atoms with E-state index in [2.05, 4.69) is 10.3 Å². The van der Waals surface area contributed by atoms with E-state index in [9.17, 15) is 9.90 Å². The van der Waals surface area contributed by atoms with Crippen LogP contribution in [0.3, 0.4) is 0 Å². The molecule has 0 aliphatic heterocycles. The van der Waals surface area contributed by atoms with Crippen LogP contribution in [-0.2, 0) is 0 Å². The van der Waals surface area contributed by atoms with Gasteiger partial charge in [0.25, 0.3) is 5.91 Å². The second-order valence-electron chi connectivity index (χ2n) is 4.91. The summed E-state index contributed by atoms with van der Waals surface area (Å²) in [5.74, 6) is 0.552. The van der Waals surface area contributed by atoms with E-state index >= 15 is 0 Å². The SMILES string of the molecule is Cc1sc(-c2ccco2)nc1C(=O)N[C@H](CO)C(C)C. The highest BCUT2D eigenvalue weighted by atomic mass is 32.1. The second-order valence-corrected chi connectivity index (χ2v) is 6.11. The topological polar surface area (TPSA) is 75.4 Å². The molecule has 108 valence electrons. The molecule has 1 atom stereocenters. The van der Waals surface area contributed by atoms with Gasteiger partial charge in [-0.1, -0.05) is 13.8 Å². The van der Waals surface area contributed by atoms with Crippen LogP contribution in [0.25, 0.3) is 10.8 Å². The summed E-state index contributed by atoms with van der Waals surface area (Å²) in [4.78, 5) is 17.4. The third-order valence-corrected chi connectivity index (χ3v) is 4.05. The number of aromatic nitrogens is 1. The van der Waals surface area contributed by atoms with Crippen LogP contribution < -0.4 is 5.32 Å². The van der Waals surface area contributed by atoms with Gasteiger partial charge in [-0.2, -0.15) is 0 Å². The summed E-state index contributed by atoms with van der Waals surface area (Å²) >= 11 is 1.42. The minimum atomic E-state index is -0.268. The maximum atomic E-state index is 12.2. The maximum Gasteiger partial charge on any atom is 0.271 e. The van der Waals surface area contributed by atoms with Gasteiger partial charge in [0, 0.05) is 4.88 Å². The number of nitrogens with one attached hydrogen (secondary N) is 1. The number of aliphatic hydroxyl groups excluding tert-OH is 1. The Morgan fingerprint density at radius 3 is 2.85 bits per heavy atom. The number of nitrogens with zero attached hydrogens (tertiary/aromatic N) is 1. The van der Waals surface area contributed by atoms with Gasteiger partial charge < -0.3 is 14.8 Å². The average molecular weight is 294 g/mol. The number of hydrogen-bond donors (Lipinski definition) is 2. The van der Waals surface area contributed by atoms with Crippen molar-refractivity contribution in [3.63, 3.8) is 0 Å². The number of furan rings is 1. The zero-order valence-electron chi connectivity index (χ0n) is 11.7. The first-order chi connectivity index (χ1) is 9.52. The minimum Gasteiger partial charge on any atom is -0.462 e. The molecule has 2 aromatic heterocycles. The summed E-state index contributed by atoms with van der Waals surface area (Å²) in [6, 6.07) is 3.33. The lowest BCUT2D eigenvalue weighted by Gasteiger charge is -2.19. The molecule has 2 aromatic rings. The lowest BCUT2D eigenvalue weighted by atomic mass is 10.1. The molecule has 2 N–H and O–H groups in total. The van der Waals surface area contributed by atoms with Gasteiger partial charge in [0.05, 0.1) is 18.9 Å². The number of hydrogen-bond acceptors (Lipinski definition) is 5. The Kier molecular flexibility index (Phi) is 4.57. The normalized spacial score (nSPS) is 12.7. The van der Waals surface area contributed by atoms with Gasteiger partial charge in [0.2, 0.25) is 0 Å². The number of carbonyl (C=O) groups excluding carboxylic acids is 1. The van der Waals surface area contributed by atoms with Gasteiger partial charge in [-0.05, 0) is 25.0 Å². The number of rotatable bonds is 5. The van der Waals surface area contributed by atoms with Crippen LogP contribution in [0.15, 0.2) is 22.8 Å². The number of thiazole rings is 1. The van der Waals surface area contributed by atoms with Crippen molar-refractivity contribution >= 4 is 17.2 Å². The minimum absolute atomic E-state index is 0.0857. The van der Waals surface area contributed by atoms with Crippen molar-refractivity contribution < 1.29 is 14.3 Å². The van der Waals surface area contributed by atoms with Gasteiger partial charge in [0.1, 0.15) is 5.69 Å². The van der Waals surface area contributed by atoms with E-state index < -0.39 is 0 Å². The van der Waals surface area contributed by atoms with Crippen molar-refractivity contribution in [2.45, 2.75) is 26.8 Å². The smallest absolute Gasteiger partial charge is 0.271 e. The third-order valence-electron chi connectivity index (χ3n) is 3.06. The lowest BCUT2D eigenvalue weighted by Crippen LogP contribution is -2.41. The van der Waals surface area contributed by atoms with E-state index in [1.165, 1.54) is 11.3 Å². The summed E-state index contributed by atoms with van der Waals surface area (Å²) in [7, 11) is 0. The lowest BCUT2D eigenvalue weighted by molar-refractivity contribution is 0.0892. The van der Waals surface area contributed by atoms with E-state index in [1.807, 2.05) is 26.8 Å². The molecule has 20 heavy (non-hydrogen) atoms. The van der Waals surface area contributed by atoms with Gasteiger partial charge in [-0.25, -0.2) is 4.98 Å². The third kappa shape index (κ3) is 3.08. The summed E-state index contributed by atoms with van der Waals surface area (Å²) in [6.07, 6.45) is 1.58. The Hall–Kier alpha value is -1.66. The molecule has 5 nitrogen and oxygen atoms in total. The quantitative estimate of drug-likeness (QED) is 0.888. The monoisotopic (exact) mass is 294 g/mol. The first kappa shape index (κ1) is 14.7. The van der Waals surface area contributed by atoms with Crippen LogP contribution in [0.2, 0.25) is 0 Å². The van der Waals surface area contributed by atoms with Crippen LogP contribution in [0, 0.1) is 12.8 Å². The molecule has 0 aliphatic rings. The highest BCUT2D eigenvalue weighted by Gasteiger charge is 2.21. The molecule has 2 rings (SSSR count). The Morgan fingerprint density at radius 1 is 1.55 bits per heavy atom. The van der Waals surface area contributed by atoms with E-state index in [0.29, 0.717) is 16.5 Å². The molecule has 0 spiro atoms. The van der Waals surface area contributed by atoms with E-state index in [4.69, 9.17) is 4.42 Å². The van der Waals surface area contributed by atoms with Gasteiger partial charge in [-0.15, -0.1) is 11.3 Å². The average Bonchev–Trinajstić information content (AvgIpc) is 3.03. The van der Waals surface area contributed by atoms with Crippen molar-refractivity contribution in [1.82, 2.24) is 10.3 Å². The fourth-order valence-electron chi connectivity index (χ4n) is 1.77. The van der Waals surface area contributed by atoms with Crippen LogP contribution in [0.5, 0.6) is 0 Å². The Labute approximate surface area is 121 Å². The molecule has 0 aromatic carbocycles. The zero-order valence-corrected chi connectivity index (χ0v) is 12.5. The molecule has 6 heteroatoms. The largest absolute Gasteiger partial charge is 0.462 e. The van der Waals surface area contributed by atoms with Crippen LogP contribution in [-0.4, -0.2) is 28.6 Å². The second kappa shape index (κ2) is 6.19. The van der Waals surface area contributed by atoms with Gasteiger partial charge in [-0.3, -0.25) is 4.79 Å². The molecule has 1 amide bonds. The van der Waals surface area contributed by atoms with Crippen LogP contribution in [0.1, 0.15) is 29.2 Å². The predicted octanol–water partition coefficient (Wildman–Crippen LogP) is 2.46. The van der Waals surface area contributed by atoms with E-state index in [-0.39, 0.29) is 24.5 Å². The zero-order chi connectivity index (χ0) is 14.7. The van der Waals surface area contributed by atoms with E-state index in [1.54, 1.807) is 12.3 Å². The molecule has 0 bridgehead atoms. The molecule has 0 unspecified atom stereocenters. The molecule has 0 fully saturated rings. The summed E-state index contributed by atoms with van der Waals surface area (Å²) < 4.78 is 5.28. The first-order valence-electron chi connectivity index (χ1n) is 6.46. The maximum absolute atomic E-state index is 12.2. The predicted molar refractivity (Wildman–Crippen MR) is 77.7 cm³/mol. The number of aryl methyl sites for hydroxylation is 1. The molecular formula is C14H18N2O3S. The van der Waals surface area contributed by atoms with Gasteiger partial charge in [0.15, 0.2) is 10.8 Å². The molecular weight excluding hydrogens is 276 g/mol. The highest BCUT2D eigenvalue weighted by Crippen LogP contribution is 2.27. The number of aliphatic hydroxyl groups is 1. The fourth-order valence-corrected chi connectivity index (χ4v) is 2.65. The standard InChI is InChI=1S/C14H18N2O3S/c1-8(2)10(7-17)15-13(18)12-9(3)20-14(16-12)11-5-4-6-19-11/h4-6,8,10,17H,7H2,1-3H3,(H,15,18)/t10-/m1/s1. The van der Waals surface area contributed by atoms with Crippen LogP contribution >= 0.6 is 11.3 Å². The first-order valence-corrected chi connectivity index (χ1v) is 7.27. The molecule has 2 heterocycles. The Balaban J connectivity index is 2.18. The highest BCUT2D eigenvalue weighted by molar-refractivity contribution is 7.15. The summed E-state index contributed by atoms with van der Waals surface area (Å²) in [5.41, 5.74) is 0.389. The molecule has 0 radical (unpaired) electrons. The van der Waals surface area contributed by atoms with Crippen LogP contribution in [0.4, 0.5) is 0 Å². The Morgan fingerprint density at radius 2 is 2.30 bits per heavy atom. The molecule has 0 saturated carbocycles. The fraction of sp³-hybridized carbons (Fsp3) is 0.429. The van der Waals surface area contributed by atoms with Crippen molar-refractivity contribution in [2.75, 3.05) is 6.61 Å². The molecule has 0 saturated heterocycles. The van der Waals surface area contributed by atoms with Gasteiger partial charge >= 0.3 is 0 Å². The summed E-state index contributed by atoms with van der Waals surface area (Å²) in [5, 5.41) is 12.8. The van der Waals surface area contributed by atoms with Crippen molar-refractivity contribution in [2.24, 2.45) is 5.92 Å². The number of carbonyl (C=O) groups is 1.